The maximum Gasteiger partial charge on any atom is 0.431 e. The van der Waals surface area contributed by atoms with Crippen LogP contribution in [0.15, 0.2) is 109 Å². The molecule has 0 saturated carbocycles. The number of para-hydroxylation sites is 2. The van der Waals surface area contributed by atoms with E-state index in [1.807, 2.05) is 0 Å². The summed E-state index contributed by atoms with van der Waals surface area (Å²) < 4.78 is 26.2. The van der Waals surface area contributed by atoms with Gasteiger partial charge in [0.15, 0.2) is 0 Å². The van der Waals surface area contributed by atoms with E-state index in [2.05, 4.69) is 0 Å². The molecule has 0 saturated heterocycles. The van der Waals surface area contributed by atoms with Crippen LogP contribution in [0.5, 0.6) is 11.5 Å². The summed E-state index contributed by atoms with van der Waals surface area (Å²) in [7, 11) is -3.95. The zero-order chi connectivity index (χ0) is 26.3. The van der Waals surface area contributed by atoms with Gasteiger partial charge >= 0.3 is 19.5 Å². The molecule has 4 aromatic carbocycles. The normalized spacial score (nSPS) is 11.9. The van der Waals surface area contributed by atoms with Crippen LogP contribution in [0.4, 0.5) is 0 Å². The number of carboxylic acids is 2. The molecule has 0 aromatic heterocycles. The molecule has 1 unspecified atom stereocenters. The first kappa shape index (κ1) is 25.7. The molecule has 1 atom stereocenters. The fraction of sp³-hybridized carbons (Fsp3) is 0.103. The van der Waals surface area contributed by atoms with E-state index in [1.54, 1.807) is 97.1 Å². The van der Waals surface area contributed by atoms with Crippen molar-refractivity contribution in [1.29, 1.82) is 0 Å². The van der Waals surface area contributed by atoms with Gasteiger partial charge in [-0.25, -0.2) is 14.2 Å². The lowest BCUT2D eigenvalue weighted by Gasteiger charge is -2.26. The summed E-state index contributed by atoms with van der Waals surface area (Å²) in [5.74, 6) is -2.29. The summed E-state index contributed by atoms with van der Waals surface area (Å²) in [4.78, 5) is 24.0. The van der Waals surface area contributed by atoms with Crippen LogP contribution in [-0.2, 0) is 11.0 Å². The third kappa shape index (κ3) is 6.66. The molecule has 188 valence electrons. The molecule has 0 aliphatic heterocycles. The molecule has 7 nitrogen and oxygen atoms in total. The van der Waals surface area contributed by atoms with Crippen LogP contribution in [0.3, 0.4) is 0 Å². The van der Waals surface area contributed by atoms with E-state index >= 15 is 0 Å². The highest BCUT2D eigenvalue weighted by molar-refractivity contribution is 7.54. The number of carbonyl (C=O) groups is 2. The van der Waals surface area contributed by atoms with E-state index in [1.165, 1.54) is 12.1 Å². The third-order valence-electron chi connectivity index (χ3n) is 5.76. The first-order chi connectivity index (χ1) is 17.8. The second kappa shape index (κ2) is 11.6. The van der Waals surface area contributed by atoms with Gasteiger partial charge in [-0.15, -0.1) is 0 Å². The molecule has 4 rings (SSSR count). The maximum absolute atomic E-state index is 14.3. The smallest absolute Gasteiger partial charge is 0.431 e. The molecule has 37 heavy (non-hydrogen) atoms. The Kier molecular flexibility index (Phi) is 8.06. The molecule has 8 heteroatoms. The lowest BCUT2D eigenvalue weighted by Crippen LogP contribution is -2.18. The van der Waals surface area contributed by atoms with Crippen molar-refractivity contribution in [2.24, 2.45) is 0 Å². The lowest BCUT2D eigenvalue weighted by atomic mass is 9.88. The highest BCUT2D eigenvalue weighted by atomic mass is 31.2. The minimum atomic E-state index is -3.95. The van der Waals surface area contributed by atoms with E-state index < -0.39 is 25.5 Å². The van der Waals surface area contributed by atoms with Gasteiger partial charge in [-0.05, 0) is 53.9 Å². The second-order valence-corrected chi connectivity index (χ2v) is 10.3. The number of hydrogen-bond acceptors (Lipinski definition) is 5. The maximum atomic E-state index is 14.3. The molecule has 0 bridgehead atoms. The van der Waals surface area contributed by atoms with E-state index in [0.29, 0.717) is 22.6 Å². The molecule has 0 aliphatic carbocycles. The summed E-state index contributed by atoms with van der Waals surface area (Å²) in [6.07, 6.45) is -0.0951. The van der Waals surface area contributed by atoms with E-state index in [-0.39, 0.29) is 23.7 Å². The highest BCUT2D eigenvalue weighted by Crippen LogP contribution is 2.52. The van der Waals surface area contributed by atoms with Gasteiger partial charge in [0.25, 0.3) is 0 Å². The van der Waals surface area contributed by atoms with Gasteiger partial charge in [0.1, 0.15) is 11.5 Å². The Bertz CT molecular complexity index is 1380. The zero-order valence-corrected chi connectivity index (χ0v) is 20.7. The predicted octanol–water partition coefficient (Wildman–Crippen LogP) is 6.76. The van der Waals surface area contributed by atoms with Gasteiger partial charge in [-0.2, -0.15) is 0 Å². The average Bonchev–Trinajstić information content (AvgIpc) is 2.89. The molecular formula is C29H25O7P. The fourth-order valence-corrected chi connectivity index (χ4v) is 6.08. The summed E-state index contributed by atoms with van der Waals surface area (Å²) in [6, 6.07) is 30.1. The van der Waals surface area contributed by atoms with Gasteiger partial charge in [0.05, 0.1) is 17.3 Å². The molecule has 0 spiro atoms. The lowest BCUT2D eigenvalue weighted by molar-refractivity contribution is 0.0683. The van der Waals surface area contributed by atoms with Crippen LogP contribution in [0.1, 0.15) is 37.8 Å². The van der Waals surface area contributed by atoms with Gasteiger partial charge in [-0.3, -0.25) is 0 Å². The van der Waals surface area contributed by atoms with Crippen molar-refractivity contribution in [3.63, 3.8) is 0 Å². The summed E-state index contributed by atoms with van der Waals surface area (Å²) in [6.45, 7) is 0. The van der Waals surface area contributed by atoms with Crippen LogP contribution in [0.2, 0.25) is 0 Å². The minimum absolute atomic E-state index is 0.0336. The van der Waals surface area contributed by atoms with Gasteiger partial charge in [0, 0.05) is 5.92 Å². The first-order valence-corrected chi connectivity index (χ1v) is 13.3. The minimum Gasteiger partial charge on any atom is -0.478 e. The topological polar surface area (TPSA) is 110 Å². The van der Waals surface area contributed by atoms with Gasteiger partial charge in [0.2, 0.25) is 0 Å². The van der Waals surface area contributed by atoms with E-state index in [9.17, 15) is 24.4 Å². The van der Waals surface area contributed by atoms with Crippen molar-refractivity contribution in [1.82, 2.24) is 0 Å². The Labute approximate surface area is 214 Å². The molecule has 0 heterocycles. The monoisotopic (exact) mass is 516 g/mol. The Hall–Kier alpha value is -4.35. The molecule has 4 aromatic rings. The van der Waals surface area contributed by atoms with Gasteiger partial charge < -0.3 is 19.3 Å². The largest absolute Gasteiger partial charge is 0.478 e. The van der Waals surface area contributed by atoms with Crippen LogP contribution in [0.25, 0.3) is 0 Å². The number of hydrogen-bond donors (Lipinski definition) is 2. The van der Waals surface area contributed by atoms with Crippen molar-refractivity contribution < 1.29 is 33.4 Å². The van der Waals surface area contributed by atoms with Crippen molar-refractivity contribution in [3.05, 3.63) is 131 Å². The van der Waals surface area contributed by atoms with E-state index in [4.69, 9.17) is 9.05 Å². The summed E-state index contributed by atoms with van der Waals surface area (Å²) in [5.41, 5.74) is 1.00. The zero-order valence-electron chi connectivity index (χ0n) is 19.8. The molecule has 0 radical (unpaired) electrons. The predicted molar refractivity (Wildman–Crippen MR) is 140 cm³/mol. The van der Waals surface area contributed by atoms with E-state index in [0.717, 1.165) is 0 Å². The Morgan fingerprint density at radius 3 is 1.65 bits per heavy atom. The van der Waals surface area contributed by atoms with Crippen molar-refractivity contribution in [2.75, 3.05) is 6.16 Å². The SMILES string of the molecule is O=C(O)c1ccccc1CC(CP(=O)(Oc1ccccc1)Oc1ccccc1)c1ccccc1C(=O)O. The van der Waals surface area contributed by atoms with Crippen LogP contribution in [0, 0.1) is 0 Å². The van der Waals surface area contributed by atoms with Crippen LogP contribution in [-0.4, -0.2) is 28.3 Å². The standard InChI is InChI=1S/C29H25O7P/c30-28(31)26-17-8-7-11-21(26)19-22(25-16-9-10-18-27(25)29(32)33)20-37(34,35-23-12-3-1-4-13-23)36-24-14-5-2-6-15-24/h1-18,22H,19-20H2,(H,30,31)(H,32,33). The fourth-order valence-electron chi connectivity index (χ4n) is 4.14. The molecule has 0 amide bonds. The number of carboxylic acid groups (broad SMARTS) is 2. The number of aromatic carboxylic acids is 2. The number of benzene rings is 4. The Morgan fingerprint density at radius 2 is 1.11 bits per heavy atom. The molecule has 2 N–H and O–H groups in total. The summed E-state index contributed by atoms with van der Waals surface area (Å²) >= 11 is 0. The average molecular weight is 516 g/mol. The highest BCUT2D eigenvalue weighted by Gasteiger charge is 2.35. The molecular weight excluding hydrogens is 491 g/mol. The van der Waals surface area contributed by atoms with Crippen molar-refractivity contribution >= 4 is 19.5 Å². The second-order valence-electron chi connectivity index (χ2n) is 8.36. The number of rotatable bonds is 11. The quantitative estimate of drug-likeness (QED) is 0.212. The molecule has 0 aliphatic rings. The van der Waals surface area contributed by atoms with Crippen LogP contribution < -0.4 is 9.05 Å². The molecule has 0 fully saturated rings. The van der Waals surface area contributed by atoms with Crippen molar-refractivity contribution in [2.45, 2.75) is 12.3 Å². The van der Waals surface area contributed by atoms with Gasteiger partial charge in [-0.1, -0.05) is 72.8 Å². The Balaban J connectivity index is 1.79. The van der Waals surface area contributed by atoms with Crippen LogP contribution >= 0.6 is 7.60 Å². The third-order valence-corrected chi connectivity index (χ3v) is 7.63. The summed E-state index contributed by atoms with van der Waals surface area (Å²) in [5, 5.41) is 19.6. The Morgan fingerprint density at radius 1 is 0.649 bits per heavy atom. The first-order valence-electron chi connectivity index (χ1n) is 11.6. The van der Waals surface area contributed by atoms with Crippen molar-refractivity contribution in [3.8, 4) is 11.5 Å².